The SMILES string of the molecule is CC(Oc1ccccc1Cl)c1nnc(SCC(=O)Nc2ccc(F)c(F)c2F)n1-c1ccccc1. The molecule has 4 aromatic rings. The van der Waals surface area contributed by atoms with E-state index < -0.39 is 35.2 Å². The summed E-state index contributed by atoms with van der Waals surface area (Å²) in [5.41, 5.74) is 0.276. The van der Waals surface area contributed by atoms with Crippen LogP contribution in [0.5, 0.6) is 5.75 Å². The van der Waals surface area contributed by atoms with E-state index in [9.17, 15) is 18.0 Å². The quantitative estimate of drug-likeness (QED) is 0.222. The van der Waals surface area contributed by atoms with E-state index in [-0.39, 0.29) is 5.75 Å². The van der Waals surface area contributed by atoms with Gasteiger partial charge in [0.05, 0.1) is 16.5 Å². The zero-order chi connectivity index (χ0) is 24.9. The third-order valence-corrected chi connectivity index (χ3v) is 6.06. The fourth-order valence-corrected chi connectivity index (χ4v) is 4.12. The highest BCUT2D eigenvalue weighted by atomic mass is 35.5. The van der Waals surface area contributed by atoms with Gasteiger partial charge < -0.3 is 10.1 Å². The number of carbonyl (C=O) groups is 1. The van der Waals surface area contributed by atoms with Crippen molar-refractivity contribution >= 4 is 35.0 Å². The Morgan fingerprint density at radius 2 is 1.74 bits per heavy atom. The number of hydrogen-bond acceptors (Lipinski definition) is 5. The molecule has 1 amide bonds. The third kappa shape index (κ3) is 5.60. The van der Waals surface area contributed by atoms with E-state index in [2.05, 4.69) is 15.5 Å². The summed E-state index contributed by atoms with van der Waals surface area (Å²) in [5.74, 6) is -4.35. The number of nitrogens with one attached hydrogen (secondary N) is 1. The Balaban J connectivity index is 1.55. The Labute approximate surface area is 208 Å². The van der Waals surface area contributed by atoms with Gasteiger partial charge in [-0.05, 0) is 43.3 Å². The van der Waals surface area contributed by atoms with Crippen LogP contribution < -0.4 is 10.1 Å². The highest BCUT2D eigenvalue weighted by Crippen LogP contribution is 2.31. The van der Waals surface area contributed by atoms with Crippen molar-refractivity contribution in [3.63, 3.8) is 0 Å². The molecule has 0 aliphatic rings. The monoisotopic (exact) mass is 518 g/mol. The number of aromatic nitrogens is 3. The van der Waals surface area contributed by atoms with Gasteiger partial charge in [-0.25, -0.2) is 13.2 Å². The van der Waals surface area contributed by atoms with Crippen molar-refractivity contribution in [2.24, 2.45) is 0 Å². The number of rotatable bonds is 8. The molecule has 6 nitrogen and oxygen atoms in total. The van der Waals surface area contributed by atoms with Crippen LogP contribution in [-0.4, -0.2) is 26.4 Å². The molecule has 4 rings (SSSR count). The molecule has 0 bridgehead atoms. The second-order valence-corrected chi connectivity index (χ2v) is 8.61. The van der Waals surface area contributed by atoms with Gasteiger partial charge in [-0.3, -0.25) is 9.36 Å². The lowest BCUT2D eigenvalue weighted by atomic mass is 10.3. The van der Waals surface area contributed by atoms with Crippen LogP contribution in [0.3, 0.4) is 0 Å². The number of nitrogens with zero attached hydrogens (tertiary/aromatic N) is 3. The molecular weight excluding hydrogens is 501 g/mol. The molecule has 35 heavy (non-hydrogen) atoms. The minimum absolute atomic E-state index is 0.191. The van der Waals surface area contributed by atoms with E-state index in [0.717, 1.165) is 29.6 Å². The number of hydrogen-bond donors (Lipinski definition) is 1. The zero-order valence-corrected chi connectivity index (χ0v) is 19.8. The van der Waals surface area contributed by atoms with Gasteiger partial charge in [-0.2, -0.15) is 0 Å². The van der Waals surface area contributed by atoms with Gasteiger partial charge in [-0.1, -0.05) is 53.7 Å². The van der Waals surface area contributed by atoms with E-state index in [4.69, 9.17) is 16.3 Å². The van der Waals surface area contributed by atoms with Crippen LogP contribution >= 0.6 is 23.4 Å². The first-order chi connectivity index (χ1) is 16.8. The molecule has 1 unspecified atom stereocenters. The molecule has 3 aromatic carbocycles. The van der Waals surface area contributed by atoms with E-state index >= 15 is 0 Å². The molecule has 180 valence electrons. The maximum Gasteiger partial charge on any atom is 0.234 e. The van der Waals surface area contributed by atoms with E-state index in [1.54, 1.807) is 35.8 Å². The van der Waals surface area contributed by atoms with E-state index in [1.165, 1.54) is 0 Å². The summed E-state index contributed by atoms with van der Waals surface area (Å²) in [6.45, 7) is 1.79. The molecule has 0 radical (unpaired) electrons. The van der Waals surface area contributed by atoms with Crippen molar-refractivity contribution in [2.45, 2.75) is 18.2 Å². The Morgan fingerprint density at radius 1 is 1.03 bits per heavy atom. The molecule has 0 fully saturated rings. The molecule has 1 atom stereocenters. The zero-order valence-electron chi connectivity index (χ0n) is 18.2. The Kier molecular flexibility index (Phi) is 7.62. The van der Waals surface area contributed by atoms with Crippen LogP contribution in [0.15, 0.2) is 71.9 Å². The fourth-order valence-electron chi connectivity index (χ4n) is 3.18. The minimum atomic E-state index is -1.66. The second kappa shape index (κ2) is 10.8. The van der Waals surface area contributed by atoms with Crippen molar-refractivity contribution in [1.29, 1.82) is 0 Å². The smallest absolute Gasteiger partial charge is 0.234 e. The minimum Gasteiger partial charge on any atom is -0.481 e. The average molecular weight is 519 g/mol. The molecule has 0 spiro atoms. The fraction of sp³-hybridized carbons (Fsp3) is 0.125. The lowest BCUT2D eigenvalue weighted by Crippen LogP contribution is -2.16. The van der Waals surface area contributed by atoms with Gasteiger partial charge in [0.15, 0.2) is 34.5 Å². The summed E-state index contributed by atoms with van der Waals surface area (Å²) in [7, 11) is 0. The molecule has 0 saturated heterocycles. The number of para-hydroxylation sites is 2. The first-order valence-electron chi connectivity index (χ1n) is 10.3. The number of ether oxygens (including phenoxy) is 1. The maximum absolute atomic E-state index is 13.9. The Bertz CT molecular complexity index is 1350. The number of benzene rings is 3. The van der Waals surface area contributed by atoms with Crippen LogP contribution in [0, 0.1) is 17.5 Å². The van der Waals surface area contributed by atoms with Crippen LogP contribution in [0.2, 0.25) is 5.02 Å². The highest BCUT2D eigenvalue weighted by molar-refractivity contribution is 7.99. The van der Waals surface area contributed by atoms with E-state index in [0.29, 0.717) is 21.8 Å². The lowest BCUT2D eigenvalue weighted by Gasteiger charge is -2.17. The van der Waals surface area contributed by atoms with Crippen LogP contribution in [-0.2, 0) is 4.79 Å². The molecule has 0 aliphatic carbocycles. The molecule has 1 aromatic heterocycles. The normalized spacial score (nSPS) is 11.8. The van der Waals surface area contributed by atoms with Crippen LogP contribution in [0.25, 0.3) is 5.69 Å². The van der Waals surface area contributed by atoms with Crippen molar-refractivity contribution < 1.29 is 22.7 Å². The maximum atomic E-state index is 13.9. The Morgan fingerprint density at radius 3 is 2.49 bits per heavy atom. The number of amides is 1. The molecule has 1 N–H and O–H groups in total. The Hall–Kier alpha value is -3.50. The summed E-state index contributed by atoms with van der Waals surface area (Å²) < 4.78 is 48.2. The predicted molar refractivity (Wildman–Crippen MR) is 128 cm³/mol. The topological polar surface area (TPSA) is 69.0 Å². The van der Waals surface area contributed by atoms with Crippen LogP contribution in [0.4, 0.5) is 18.9 Å². The summed E-state index contributed by atoms with van der Waals surface area (Å²) in [4.78, 5) is 12.4. The first kappa shape index (κ1) is 24.6. The number of carbonyl (C=O) groups excluding carboxylic acids is 1. The molecule has 0 aliphatic heterocycles. The largest absolute Gasteiger partial charge is 0.481 e. The molecular formula is C24H18ClF3N4O2S. The van der Waals surface area contributed by atoms with Crippen molar-refractivity contribution in [1.82, 2.24) is 14.8 Å². The number of thioether (sulfide) groups is 1. The van der Waals surface area contributed by atoms with E-state index in [1.807, 2.05) is 30.3 Å². The van der Waals surface area contributed by atoms with Gasteiger partial charge in [0.2, 0.25) is 5.91 Å². The number of halogens is 4. The third-order valence-electron chi connectivity index (χ3n) is 4.82. The molecule has 0 saturated carbocycles. The van der Waals surface area contributed by atoms with Gasteiger partial charge >= 0.3 is 0 Å². The van der Waals surface area contributed by atoms with Crippen molar-refractivity contribution in [3.05, 3.63) is 95.0 Å². The second-order valence-electron chi connectivity index (χ2n) is 7.26. The molecule has 1 heterocycles. The summed E-state index contributed by atoms with van der Waals surface area (Å²) >= 11 is 7.25. The summed E-state index contributed by atoms with van der Waals surface area (Å²) in [6, 6.07) is 17.9. The highest BCUT2D eigenvalue weighted by Gasteiger charge is 2.23. The lowest BCUT2D eigenvalue weighted by molar-refractivity contribution is -0.113. The predicted octanol–water partition coefficient (Wildman–Crippen LogP) is 6.21. The number of anilines is 1. The standard InChI is InChI=1S/C24H18ClF3N4O2S/c1-14(34-19-10-6-5-9-16(19)25)23-30-31-24(32(23)15-7-3-2-4-8-15)35-13-20(33)29-18-12-11-17(26)21(27)22(18)28/h2-12,14H,13H2,1H3,(H,29,33). The average Bonchev–Trinajstić information content (AvgIpc) is 3.29. The molecule has 11 heteroatoms. The summed E-state index contributed by atoms with van der Waals surface area (Å²) in [6.07, 6.45) is -0.554. The van der Waals surface area contributed by atoms with Gasteiger partial charge in [0, 0.05) is 5.69 Å². The van der Waals surface area contributed by atoms with Gasteiger partial charge in [0.1, 0.15) is 5.75 Å². The first-order valence-corrected chi connectivity index (χ1v) is 11.7. The van der Waals surface area contributed by atoms with Crippen molar-refractivity contribution in [2.75, 3.05) is 11.1 Å². The van der Waals surface area contributed by atoms with Crippen LogP contribution in [0.1, 0.15) is 18.9 Å². The summed E-state index contributed by atoms with van der Waals surface area (Å²) in [5, 5.41) is 11.5. The van der Waals surface area contributed by atoms with Crippen molar-refractivity contribution in [3.8, 4) is 11.4 Å². The van der Waals surface area contributed by atoms with Gasteiger partial charge in [-0.15, -0.1) is 10.2 Å². The van der Waals surface area contributed by atoms with Gasteiger partial charge in [0.25, 0.3) is 0 Å².